The van der Waals surface area contributed by atoms with Crippen molar-refractivity contribution in [2.24, 2.45) is 0 Å². The van der Waals surface area contributed by atoms with E-state index in [9.17, 15) is 4.79 Å². The van der Waals surface area contributed by atoms with Gasteiger partial charge in [0.05, 0.1) is 25.1 Å². The van der Waals surface area contributed by atoms with Gasteiger partial charge in [-0.15, -0.1) is 0 Å². The molecule has 0 unspecified atom stereocenters. The summed E-state index contributed by atoms with van der Waals surface area (Å²) < 4.78 is 7.12. The number of ether oxygens (including phenoxy) is 1. The number of imidazole rings is 1. The van der Waals surface area contributed by atoms with Gasteiger partial charge in [0.2, 0.25) is 0 Å². The van der Waals surface area contributed by atoms with Crippen molar-refractivity contribution in [3.8, 4) is 11.3 Å². The van der Waals surface area contributed by atoms with E-state index in [1.807, 2.05) is 6.07 Å². The molecule has 6 nitrogen and oxygen atoms in total. The van der Waals surface area contributed by atoms with E-state index in [-0.39, 0.29) is 0 Å². The molecule has 0 amide bonds. The average Bonchev–Trinajstić information content (AvgIpc) is 3.10. The number of aldehydes is 1. The molecule has 1 aromatic carbocycles. The minimum Gasteiger partial charge on any atom is -0.379 e. The SMILES string of the molecule is O=Cc1ccc2ncc(-c3cccc(CCN4CCOCC4)c3)n2n1. The fourth-order valence-corrected chi connectivity index (χ4v) is 3.15. The molecule has 0 spiro atoms. The molecule has 1 aliphatic rings. The first-order valence-corrected chi connectivity index (χ1v) is 8.53. The first-order valence-electron chi connectivity index (χ1n) is 8.53. The minimum absolute atomic E-state index is 0.398. The van der Waals surface area contributed by atoms with Gasteiger partial charge in [-0.05, 0) is 30.2 Å². The van der Waals surface area contributed by atoms with Crippen LogP contribution in [0.3, 0.4) is 0 Å². The number of aromatic nitrogens is 3. The lowest BCUT2D eigenvalue weighted by Crippen LogP contribution is -2.37. The Kier molecular flexibility index (Phi) is 4.54. The maximum absolute atomic E-state index is 11.0. The summed E-state index contributed by atoms with van der Waals surface area (Å²) in [7, 11) is 0. The van der Waals surface area contributed by atoms with Gasteiger partial charge in [0.1, 0.15) is 5.69 Å². The zero-order chi connectivity index (χ0) is 17.1. The normalized spacial score (nSPS) is 15.5. The number of carbonyl (C=O) groups is 1. The van der Waals surface area contributed by atoms with E-state index < -0.39 is 0 Å². The van der Waals surface area contributed by atoms with E-state index in [0.29, 0.717) is 5.69 Å². The number of morpholine rings is 1. The van der Waals surface area contributed by atoms with Crippen LogP contribution in [0.5, 0.6) is 0 Å². The second-order valence-corrected chi connectivity index (χ2v) is 6.19. The summed E-state index contributed by atoms with van der Waals surface area (Å²) in [5.74, 6) is 0. The second kappa shape index (κ2) is 7.13. The van der Waals surface area contributed by atoms with Crippen LogP contribution in [-0.4, -0.2) is 58.6 Å². The van der Waals surface area contributed by atoms with Crippen molar-refractivity contribution in [1.82, 2.24) is 19.5 Å². The monoisotopic (exact) mass is 336 g/mol. The van der Waals surface area contributed by atoms with Gasteiger partial charge in [-0.2, -0.15) is 5.10 Å². The Balaban J connectivity index is 1.57. The molecule has 0 atom stereocenters. The molecule has 1 fully saturated rings. The Morgan fingerprint density at radius 2 is 2.04 bits per heavy atom. The zero-order valence-electron chi connectivity index (χ0n) is 14.0. The second-order valence-electron chi connectivity index (χ2n) is 6.19. The van der Waals surface area contributed by atoms with Crippen molar-refractivity contribution in [3.63, 3.8) is 0 Å². The molecule has 0 radical (unpaired) electrons. The lowest BCUT2D eigenvalue weighted by molar-refractivity contribution is 0.0384. The summed E-state index contributed by atoms with van der Waals surface area (Å²) in [5, 5.41) is 4.34. The van der Waals surface area contributed by atoms with Crippen LogP contribution >= 0.6 is 0 Å². The molecule has 6 heteroatoms. The molecule has 3 heterocycles. The van der Waals surface area contributed by atoms with Gasteiger partial charge in [0, 0.05) is 25.2 Å². The third kappa shape index (κ3) is 3.45. The number of carbonyl (C=O) groups excluding carboxylic acids is 1. The minimum atomic E-state index is 0.398. The molecular weight excluding hydrogens is 316 g/mol. The Morgan fingerprint density at radius 1 is 1.16 bits per heavy atom. The van der Waals surface area contributed by atoms with Crippen LogP contribution in [0.25, 0.3) is 16.9 Å². The summed E-state index contributed by atoms with van der Waals surface area (Å²) in [5.41, 5.74) is 4.37. The molecule has 0 saturated carbocycles. The highest BCUT2D eigenvalue weighted by Crippen LogP contribution is 2.21. The molecular formula is C19H20N4O2. The highest BCUT2D eigenvalue weighted by molar-refractivity contribution is 5.72. The lowest BCUT2D eigenvalue weighted by Gasteiger charge is -2.26. The van der Waals surface area contributed by atoms with Crippen molar-refractivity contribution < 1.29 is 9.53 Å². The average molecular weight is 336 g/mol. The highest BCUT2D eigenvalue weighted by atomic mass is 16.5. The van der Waals surface area contributed by atoms with Crippen molar-refractivity contribution in [2.45, 2.75) is 6.42 Å². The fraction of sp³-hybridized carbons (Fsp3) is 0.316. The summed E-state index contributed by atoms with van der Waals surface area (Å²) in [6.07, 6.45) is 3.55. The Labute approximate surface area is 146 Å². The Hall–Kier alpha value is -2.57. The molecule has 4 rings (SSSR count). The van der Waals surface area contributed by atoms with Crippen LogP contribution < -0.4 is 0 Å². The van der Waals surface area contributed by atoms with Crippen molar-refractivity contribution >= 4 is 11.9 Å². The number of nitrogens with zero attached hydrogens (tertiary/aromatic N) is 4. The maximum atomic E-state index is 11.0. The van der Waals surface area contributed by atoms with Crippen LogP contribution in [0.4, 0.5) is 0 Å². The standard InChI is InChI=1S/C19H20N4O2/c24-14-17-4-5-19-20-13-18(23(19)21-17)16-3-1-2-15(12-16)6-7-22-8-10-25-11-9-22/h1-5,12-14H,6-11H2. The maximum Gasteiger partial charge on any atom is 0.170 e. The van der Waals surface area contributed by atoms with E-state index in [1.54, 1.807) is 16.8 Å². The van der Waals surface area contributed by atoms with E-state index in [4.69, 9.17) is 4.74 Å². The molecule has 1 aliphatic heterocycles. The first kappa shape index (κ1) is 15.9. The van der Waals surface area contributed by atoms with Crippen molar-refractivity contribution in [1.29, 1.82) is 0 Å². The van der Waals surface area contributed by atoms with Gasteiger partial charge in [-0.25, -0.2) is 9.50 Å². The number of rotatable bonds is 5. The van der Waals surface area contributed by atoms with Gasteiger partial charge in [-0.1, -0.05) is 18.2 Å². The molecule has 2 aromatic heterocycles. The van der Waals surface area contributed by atoms with Gasteiger partial charge >= 0.3 is 0 Å². The fourth-order valence-electron chi connectivity index (χ4n) is 3.15. The topological polar surface area (TPSA) is 59.7 Å². The van der Waals surface area contributed by atoms with Crippen LogP contribution in [0.1, 0.15) is 16.1 Å². The molecule has 0 aliphatic carbocycles. The first-order chi connectivity index (χ1) is 12.3. The van der Waals surface area contributed by atoms with Gasteiger partial charge in [0.25, 0.3) is 0 Å². The molecule has 1 saturated heterocycles. The summed E-state index contributed by atoms with van der Waals surface area (Å²) in [4.78, 5) is 17.8. The van der Waals surface area contributed by atoms with E-state index in [2.05, 4.69) is 39.2 Å². The highest BCUT2D eigenvalue weighted by Gasteiger charge is 2.11. The lowest BCUT2D eigenvalue weighted by atomic mass is 10.1. The predicted octanol–water partition coefficient (Wildman–Crippen LogP) is 2.08. The zero-order valence-corrected chi connectivity index (χ0v) is 14.0. The van der Waals surface area contributed by atoms with Gasteiger partial charge in [-0.3, -0.25) is 9.69 Å². The van der Waals surface area contributed by atoms with Gasteiger partial charge in [0.15, 0.2) is 11.9 Å². The quantitative estimate of drug-likeness (QED) is 0.668. The number of benzene rings is 1. The van der Waals surface area contributed by atoms with Crippen LogP contribution in [0, 0.1) is 0 Å². The summed E-state index contributed by atoms with van der Waals surface area (Å²) >= 11 is 0. The molecule has 25 heavy (non-hydrogen) atoms. The smallest absolute Gasteiger partial charge is 0.170 e. The third-order valence-corrected chi connectivity index (χ3v) is 4.55. The van der Waals surface area contributed by atoms with Crippen molar-refractivity contribution in [2.75, 3.05) is 32.8 Å². The third-order valence-electron chi connectivity index (χ3n) is 4.55. The largest absolute Gasteiger partial charge is 0.379 e. The number of hydrogen-bond acceptors (Lipinski definition) is 5. The van der Waals surface area contributed by atoms with E-state index in [0.717, 1.165) is 62.5 Å². The van der Waals surface area contributed by atoms with Gasteiger partial charge < -0.3 is 4.74 Å². The molecule has 0 bridgehead atoms. The Bertz CT molecular complexity index is 884. The molecule has 128 valence electrons. The predicted molar refractivity (Wildman–Crippen MR) is 94.8 cm³/mol. The van der Waals surface area contributed by atoms with E-state index in [1.165, 1.54) is 5.56 Å². The van der Waals surface area contributed by atoms with Crippen LogP contribution in [0.15, 0.2) is 42.6 Å². The van der Waals surface area contributed by atoms with E-state index >= 15 is 0 Å². The number of fused-ring (bicyclic) bond motifs is 1. The molecule has 0 N–H and O–H groups in total. The Morgan fingerprint density at radius 3 is 2.88 bits per heavy atom. The van der Waals surface area contributed by atoms with Crippen LogP contribution in [0.2, 0.25) is 0 Å². The molecule has 3 aromatic rings. The number of hydrogen-bond donors (Lipinski definition) is 0. The summed E-state index contributed by atoms with van der Waals surface area (Å²) in [6, 6.07) is 11.9. The van der Waals surface area contributed by atoms with Crippen molar-refractivity contribution in [3.05, 3.63) is 53.9 Å². The van der Waals surface area contributed by atoms with Crippen LogP contribution in [-0.2, 0) is 11.2 Å². The summed E-state index contributed by atoms with van der Waals surface area (Å²) in [6.45, 7) is 4.70.